The molecule has 3 N–H and O–H groups in total. The van der Waals surface area contributed by atoms with Gasteiger partial charge in [-0.1, -0.05) is 0 Å². The number of nitrogens with zero attached hydrogens (tertiary/aromatic N) is 1. The van der Waals surface area contributed by atoms with Gasteiger partial charge in [0.2, 0.25) is 5.91 Å². The number of nitrogens with one attached hydrogen (secondary N) is 1. The van der Waals surface area contributed by atoms with Gasteiger partial charge in [-0.2, -0.15) is 0 Å². The van der Waals surface area contributed by atoms with Gasteiger partial charge in [0.15, 0.2) is 9.84 Å². The minimum atomic E-state index is -2.92. The van der Waals surface area contributed by atoms with Gasteiger partial charge in [0.05, 0.1) is 11.5 Å². The Kier molecular flexibility index (Phi) is 5.57. The molecule has 1 amide bonds. The highest BCUT2D eigenvalue weighted by atomic mass is 32.2. The highest BCUT2D eigenvalue weighted by molar-refractivity contribution is 7.91. The Morgan fingerprint density at radius 1 is 1.45 bits per heavy atom. The molecule has 7 heteroatoms. The Bertz CT molecular complexity index is 442. The van der Waals surface area contributed by atoms with E-state index in [0.29, 0.717) is 19.4 Å². The Hall–Kier alpha value is -0.660. The molecule has 6 nitrogen and oxygen atoms in total. The molecule has 0 bridgehead atoms. The van der Waals surface area contributed by atoms with Gasteiger partial charge in [0, 0.05) is 30.6 Å². The molecule has 2 atom stereocenters. The summed E-state index contributed by atoms with van der Waals surface area (Å²) in [5.41, 5.74) is 5.48. The largest absolute Gasteiger partial charge is 0.351 e. The van der Waals surface area contributed by atoms with E-state index in [0.717, 1.165) is 0 Å². The Morgan fingerprint density at radius 3 is 2.45 bits per heavy atom. The fourth-order valence-electron chi connectivity index (χ4n) is 2.47. The molecular weight excluding hydrogens is 278 g/mol. The van der Waals surface area contributed by atoms with Gasteiger partial charge in [-0.3, -0.25) is 9.69 Å². The van der Waals surface area contributed by atoms with Gasteiger partial charge in [0.25, 0.3) is 0 Å². The smallest absolute Gasteiger partial charge is 0.222 e. The summed E-state index contributed by atoms with van der Waals surface area (Å²) in [4.78, 5) is 13.9. The summed E-state index contributed by atoms with van der Waals surface area (Å²) in [5.74, 6) is 0.342. The molecule has 0 spiro atoms. The Labute approximate surface area is 122 Å². The van der Waals surface area contributed by atoms with Crippen LogP contribution in [0, 0.1) is 0 Å². The van der Waals surface area contributed by atoms with E-state index in [9.17, 15) is 13.2 Å². The third-order valence-corrected chi connectivity index (χ3v) is 5.32. The van der Waals surface area contributed by atoms with Crippen LogP contribution in [-0.4, -0.2) is 61.9 Å². The molecule has 1 aliphatic heterocycles. The molecule has 118 valence electrons. The van der Waals surface area contributed by atoms with Crippen LogP contribution in [0.2, 0.25) is 0 Å². The number of carbonyl (C=O) groups is 1. The number of amides is 1. The summed E-state index contributed by atoms with van der Waals surface area (Å²) in [6, 6.07) is -0.161. The van der Waals surface area contributed by atoms with Crippen LogP contribution in [0.15, 0.2) is 0 Å². The number of likely N-dealkylation sites (N-methyl/N-ethyl adjacent to an activating group) is 1. The molecular formula is C13H27N3O3S. The maximum absolute atomic E-state index is 12.0. The molecule has 0 aromatic rings. The lowest BCUT2D eigenvalue weighted by Gasteiger charge is -2.32. The van der Waals surface area contributed by atoms with Gasteiger partial charge in [-0.05, 0) is 34.2 Å². The molecule has 2 unspecified atom stereocenters. The lowest BCUT2D eigenvalue weighted by molar-refractivity contribution is -0.123. The van der Waals surface area contributed by atoms with Crippen molar-refractivity contribution in [2.75, 3.05) is 25.1 Å². The summed E-state index contributed by atoms with van der Waals surface area (Å²) < 4.78 is 23.1. The fraction of sp³-hybridized carbons (Fsp3) is 0.923. The number of hydrogen-bond acceptors (Lipinski definition) is 5. The first kappa shape index (κ1) is 17.4. The molecule has 1 rings (SSSR count). The molecule has 1 saturated heterocycles. The lowest BCUT2D eigenvalue weighted by Crippen LogP contribution is -2.49. The average Bonchev–Trinajstić information content (AvgIpc) is 2.63. The van der Waals surface area contributed by atoms with Crippen molar-refractivity contribution >= 4 is 15.7 Å². The van der Waals surface area contributed by atoms with Crippen LogP contribution in [0.5, 0.6) is 0 Å². The van der Waals surface area contributed by atoms with Gasteiger partial charge >= 0.3 is 0 Å². The van der Waals surface area contributed by atoms with Crippen LogP contribution in [0.4, 0.5) is 0 Å². The second kappa shape index (κ2) is 6.41. The van der Waals surface area contributed by atoms with Crippen molar-refractivity contribution in [3.63, 3.8) is 0 Å². The van der Waals surface area contributed by atoms with Gasteiger partial charge < -0.3 is 11.1 Å². The molecule has 0 aromatic carbocycles. The summed E-state index contributed by atoms with van der Waals surface area (Å²) in [6.07, 6.45) is 0.914. The van der Waals surface area contributed by atoms with Gasteiger partial charge in [-0.15, -0.1) is 0 Å². The van der Waals surface area contributed by atoms with Crippen molar-refractivity contribution < 1.29 is 13.2 Å². The highest BCUT2D eigenvalue weighted by Gasteiger charge is 2.34. The summed E-state index contributed by atoms with van der Waals surface area (Å²) in [6.45, 7) is 6.12. The lowest BCUT2D eigenvalue weighted by atomic mass is 10.1. The first-order chi connectivity index (χ1) is 9.04. The summed E-state index contributed by atoms with van der Waals surface area (Å²) in [5, 5.41) is 2.91. The van der Waals surface area contributed by atoms with Crippen LogP contribution in [0.3, 0.4) is 0 Å². The van der Waals surface area contributed by atoms with E-state index in [1.165, 1.54) is 0 Å². The van der Waals surface area contributed by atoms with Crippen molar-refractivity contribution in [1.82, 2.24) is 10.2 Å². The highest BCUT2D eigenvalue weighted by Crippen LogP contribution is 2.19. The molecule has 0 saturated carbocycles. The zero-order chi connectivity index (χ0) is 15.6. The molecule has 1 aliphatic rings. The van der Waals surface area contributed by atoms with Crippen LogP contribution >= 0.6 is 0 Å². The van der Waals surface area contributed by atoms with Crippen molar-refractivity contribution in [2.24, 2.45) is 5.73 Å². The van der Waals surface area contributed by atoms with Gasteiger partial charge in [-0.25, -0.2) is 8.42 Å². The fourth-order valence-corrected chi connectivity index (χ4v) is 4.26. The minimum absolute atomic E-state index is 0.0315. The van der Waals surface area contributed by atoms with Crippen LogP contribution in [-0.2, 0) is 14.6 Å². The predicted molar refractivity (Wildman–Crippen MR) is 80.2 cm³/mol. The number of hydrogen-bond donors (Lipinski definition) is 2. The van der Waals surface area contributed by atoms with Crippen LogP contribution in [0.25, 0.3) is 0 Å². The van der Waals surface area contributed by atoms with Crippen LogP contribution in [0.1, 0.15) is 33.6 Å². The van der Waals surface area contributed by atoms with Crippen LogP contribution < -0.4 is 11.1 Å². The maximum Gasteiger partial charge on any atom is 0.222 e. The summed E-state index contributed by atoms with van der Waals surface area (Å²) in [7, 11) is -1.07. The Morgan fingerprint density at radius 2 is 2.05 bits per heavy atom. The van der Waals surface area contributed by atoms with Crippen molar-refractivity contribution in [1.29, 1.82) is 0 Å². The number of carbonyl (C=O) groups excluding carboxylic acids is 1. The van der Waals surface area contributed by atoms with Crippen molar-refractivity contribution in [3.8, 4) is 0 Å². The van der Waals surface area contributed by atoms with E-state index in [-0.39, 0.29) is 35.0 Å². The van der Waals surface area contributed by atoms with Crippen molar-refractivity contribution in [3.05, 3.63) is 0 Å². The predicted octanol–water partition coefficient (Wildman–Crippen LogP) is -0.263. The molecule has 0 radical (unpaired) electrons. The Balaban J connectivity index is 2.60. The zero-order valence-electron chi connectivity index (χ0n) is 12.8. The topological polar surface area (TPSA) is 92.5 Å². The number of sulfone groups is 1. The molecule has 1 fully saturated rings. The second-order valence-electron chi connectivity index (χ2n) is 6.61. The first-order valence-electron chi connectivity index (χ1n) is 6.97. The zero-order valence-corrected chi connectivity index (χ0v) is 13.7. The molecule has 0 aliphatic carbocycles. The average molecular weight is 305 g/mol. The SMILES string of the molecule is CN(C(CN)CC(=O)NC(C)(C)C)C1CCS(=O)(=O)C1. The monoisotopic (exact) mass is 305 g/mol. The molecule has 1 heterocycles. The number of nitrogens with two attached hydrogens (primary N) is 1. The second-order valence-corrected chi connectivity index (χ2v) is 8.84. The number of rotatable bonds is 5. The summed E-state index contributed by atoms with van der Waals surface area (Å²) >= 11 is 0. The molecule has 20 heavy (non-hydrogen) atoms. The van der Waals surface area contributed by atoms with E-state index in [2.05, 4.69) is 5.32 Å². The first-order valence-corrected chi connectivity index (χ1v) is 8.79. The van der Waals surface area contributed by atoms with E-state index < -0.39 is 9.84 Å². The third kappa shape index (κ3) is 5.38. The normalized spacial score (nSPS) is 23.8. The van der Waals surface area contributed by atoms with Gasteiger partial charge in [0.1, 0.15) is 0 Å². The van der Waals surface area contributed by atoms with E-state index >= 15 is 0 Å². The quantitative estimate of drug-likeness (QED) is 0.730. The standard InChI is InChI=1S/C13H27N3O3S/c1-13(2,3)15-12(17)7-11(8-14)16(4)10-5-6-20(18,19)9-10/h10-11H,5-9,14H2,1-4H3,(H,15,17). The third-order valence-electron chi connectivity index (χ3n) is 3.57. The molecule has 0 aromatic heterocycles. The van der Waals surface area contributed by atoms with E-state index in [1.54, 1.807) is 0 Å². The van der Waals surface area contributed by atoms with Crippen molar-refractivity contribution in [2.45, 2.75) is 51.2 Å². The van der Waals surface area contributed by atoms with E-state index in [1.807, 2.05) is 32.7 Å². The van der Waals surface area contributed by atoms with E-state index in [4.69, 9.17) is 5.73 Å². The maximum atomic E-state index is 12.0. The minimum Gasteiger partial charge on any atom is -0.351 e.